The van der Waals surface area contributed by atoms with Crippen LogP contribution in [0.1, 0.15) is 0 Å². The van der Waals surface area contributed by atoms with E-state index in [0.29, 0.717) is 11.3 Å². The highest BCUT2D eigenvalue weighted by Crippen LogP contribution is 2.32. The lowest BCUT2D eigenvalue weighted by atomic mass is 10.1. The number of rotatable bonds is 3. The molecule has 0 fully saturated rings. The van der Waals surface area contributed by atoms with Crippen molar-refractivity contribution < 1.29 is 0 Å². The number of nitroso groups, excluding NO2 is 1. The van der Waals surface area contributed by atoms with Crippen molar-refractivity contribution in [2.75, 3.05) is 0 Å². The number of benzene rings is 2. The quantitative estimate of drug-likeness (QED) is 0.568. The summed E-state index contributed by atoms with van der Waals surface area (Å²) in [5.74, 6) is 0.281. The van der Waals surface area contributed by atoms with Crippen LogP contribution in [-0.2, 0) is 0 Å². The first-order valence-electron chi connectivity index (χ1n) is 6.92. The fourth-order valence-corrected chi connectivity index (χ4v) is 2.56. The maximum absolute atomic E-state index is 11.3. The van der Waals surface area contributed by atoms with Crippen LogP contribution in [0, 0.1) is 4.91 Å². The zero-order valence-corrected chi connectivity index (χ0v) is 11.6. The van der Waals surface area contributed by atoms with Crippen LogP contribution in [0.4, 0.5) is 5.82 Å². The molecule has 0 spiro atoms. The normalized spacial score (nSPS) is 10.9. The number of H-pyrrole nitrogens is 1. The first-order chi connectivity index (χ1) is 10.9. The SMILES string of the molecule is O=Nc1c(-c2ccccc2)nc2cc(-c3ccccc3)[nH]n12. The Balaban J connectivity index is 1.90. The number of fused-ring (bicyclic) bond motifs is 1. The number of imidazole rings is 1. The van der Waals surface area contributed by atoms with E-state index in [0.717, 1.165) is 16.8 Å². The molecule has 0 radical (unpaired) electrons. The lowest BCUT2D eigenvalue weighted by Crippen LogP contribution is -1.85. The smallest absolute Gasteiger partial charge is 0.224 e. The predicted molar refractivity (Wildman–Crippen MR) is 85.9 cm³/mol. The largest absolute Gasteiger partial charge is 0.290 e. The monoisotopic (exact) mass is 288 g/mol. The standard InChI is InChI=1S/C17H12N4O/c22-20-17-16(13-9-5-2-6-10-13)18-15-11-14(19-21(15)17)12-7-3-1-4-8-12/h1-11,19H. The van der Waals surface area contributed by atoms with Crippen molar-refractivity contribution in [2.45, 2.75) is 0 Å². The van der Waals surface area contributed by atoms with Gasteiger partial charge in [-0.25, -0.2) is 9.50 Å². The molecule has 2 heterocycles. The molecule has 0 atom stereocenters. The topological polar surface area (TPSA) is 62.5 Å². The van der Waals surface area contributed by atoms with E-state index in [1.807, 2.05) is 66.7 Å². The van der Waals surface area contributed by atoms with Crippen molar-refractivity contribution in [3.63, 3.8) is 0 Å². The number of aromatic nitrogens is 3. The third kappa shape index (κ3) is 1.91. The summed E-state index contributed by atoms with van der Waals surface area (Å²) < 4.78 is 1.62. The summed E-state index contributed by atoms with van der Waals surface area (Å²) >= 11 is 0. The number of nitrogens with one attached hydrogen (secondary N) is 1. The Morgan fingerprint density at radius 1 is 0.909 bits per heavy atom. The van der Waals surface area contributed by atoms with Crippen molar-refractivity contribution in [3.8, 4) is 22.5 Å². The molecule has 0 aliphatic carbocycles. The summed E-state index contributed by atoms with van der Waals surface area (Å²) in [7, 11) is 0. The Labute approximate surface area is 126 Å². The average Bonchev–Trinajstić information content (AvgIpc) is 3.14. The number of hydrogen-bond donors (Lipinski definition) is 1. The van der Waals surface area contributed by atoms with E-state index in [2.05, 4.69) is 15.3 Å². The molecule has 4 aromatic rings. The Hall–Kier alpha value is -3.21. The second-order valence-electron chi connectivity index (χ2n) is 4.97. The van der Waals surface area contributed by atoms with Gasteiger partial charge < -0.3 is 0 Å². The Morgan fingerprint density at radius 3 is 2.18 bits per heavy atom. The minimum absolute atomic E-state index is 0.281. The molecule has 2 aromatic heterocycles. The number of nitrogens with zero attached hydrogens (tertiary/aromatic N) is 3. The van der Waals surface area contributed by atoms with Crippen molar-refractivity contribution in [3.05, 3.63) is 71.6 Å². The zero-order chi connectivity index (χ0) is 14.9. The van der Waals surface area contributed by atoms with E-state index in [4.69, 9.17) is 0 Å². The van der Waals surface area contributed by atoms with E-state index in [1.165, 1.54) is 0 Å². The second kappa shape index (κ2) is 4.96. The molecule has 0 amide bonds. The van der Waals surface area contributed by atoms with E-state index < -0.39 is 0 Å². The van der Waals surface area contributed by atoms with Crippen LogP contribution in [0.2, 0.25) is 0 Å². The van der Waals surface area contributed by atoms with Gasteiger partial charge in [-0.1, -0.05) is 60.7 Å². The van der Waals surface area contributed by atoms with Crippen LogP contribution in [0.25, 0.3) is 28.2 Å². The first-order valence-corrected chi connectivity index (χ1v) is 6.92. The highest BCUT2D eigenvalue weighted by molar-refractivity contribution is 5.76. The van der Waals surface area contributed by atoms with Gasteiger partial charge in [0.25, 0.3) is 0 Å². The molecule has 22 heavy (non-hydrogen) atoms. The van der Waals surface area contributed by atoms with Crippen molar-refractivity contribution in [1.29, 1.82) is 0 Å². The van der Waals surface area contributed by atoms with Gasteiger partial charge in [-0.15, -0.1) is 4.91 Å². The molecule has 0 bridgehead atoms. The molecular weight excluding hydrogens is 276 g/mol. The minimum Gasteiger partial charge on any atom is -0.290 e. The van der Waals surface area contributed by atoms with Crippen LogP contribution in [0.15, 0.2) is 71.9 Å². The molecule has 0 aliphatic rings. The molecule has 1 N–H and O–H groups in total. The Bertz CT molecular complexity index is 939. The fourth-order valence-electron chi connectivity index (χ4n) is 2.56. The fraction of sp³-hybridized carbons (Fsp3) is 0. The first kappa shape index (κ1) is 12.5. The zero-order valence-electron chi connectivity index (χ0n) is 11.6. The third-order valence-corrected chi connectivity index (χ3v) is 3.60. The molecule has 0 unspecified atom stereocenters. The van der Waals surface area contributed by atoms with Crippen LogP contribution in [0.3, 0.4) is 0 Å². The number of hydrogen-bond acceptors (Lipinski definition) is 3. The summed E-state index contributed by atoms with van der Waals surface area (Å²) in [6.45, 7) is 0. The summed E-state index contributed by atoms with van der Waals surface area (Å²) in [4.78, 5) is 15.8. The molecule has 5 heteroatoms. The van der Waals surface area contributed by atoms with E-state index >= 15 is 0 Å². The van der Waals surface area contributed by atoms with Gasteiger partial charge in [-0.3, -0.25) is 5.10 Å². The average molecular weight is 288 g/mol. The molecule has 106 valence electrons. The van der Waals surface area contributed by atoms with Gasteiger partial charge in [0, 0.05) is 11.6 Å². The van der Waals surface area contributed by atoms with Crippen molar-refractivity contribution in [2.24, 2.45) is 5.18 Å². The lowest BCUT2D eigenvalue weighted by molar-refractivity contribution is 0.973. The van der Waals surface area contributed by atoms with E-state index in [9.17, 15) is 4.91 Å². The van der Waals surface area contributed by atoms with Crippen LogP contribution in [-0.4, -0.2) is 14.6 Å². The summed E-state index contributed by atoms with van der Waals surface area (Å²) in [6.07, 6.45) is 0. The lowest BCUT2D eigenvalue weighted by Gasteiger charge is -1.98. The summed E-state index contributed by atoms with van der Waals surface area (Å²) in [5, 5.41) is 6.34. The molecule has 5 nitrogen and oxygen atoms in total. The Morgan fingerprint density at radius 2 is 1.55 bits per heavy atom. The van der Waals surface area contributed by atoms with Gasteiger partial charge in [-0.2, -0.15) is 0 Å². The van der Waals surface area contributed by atoms with Gasteiger partial charge in [-0.05, 0) is 10.7 Å². The van der Waals surface area contributed by atoms with Gasteiger partial charge in [0.2, 0.25) is 5.82 Å². The van der Waals surface area contributed by atoms with E-state index in [-0.39, 0.29) is 5.82 Å². The minimum atomic E-state index is 0.281. The van der Waals surface area contributed by atoms with Crippen molar-refractivity contribution >= 4 is 11.5 Å². The van der Waals surface area contributed by atoms with Gasteiger partial charge >= 0.3 is 0 Å². The van der Waals surface area contributed by atoms with Gasteiger partial charge in [0.15, 0.2) is 5.65 Å². The molecule has 0 saturated heterocycles. The number of aromatic amines is 1. The molecular formula is C17H12N4O. The van der Waals surface area contributed by atoms with Crippen molar-refractivity contribution in [1.82, 2.24) is 14.6 Å². The van der Waals surface area contributed by atoms with Crippen LogP contribution in [0.5, 0.6) is 0 Å². The second-order valence-corrected chi connectivity index (χ2v) is 4.97. The van der Waals surface area contributed by atoms with E-state index in [1.54, 1.807) is 4.52 Å². The molecule has 0 saturated carbocycles. The maximum atomic E-state index is 11.3. The summed E-state index contributed by atoms with van der Waals surface area (Å²) in [6, 6.07) is 21.4. The predicted octanol–water partition coefficient (Wildman–Crippen LogP) is 4.39. The summed E-state index contributed by atoms with van der Waals surface area (Å²) in [5.41, 5.74) is 4.06. The maximum Gasteiger partial charge on any atom is 0.224 e. The third-order valence-electron chi connectivity index (χ3n) is 3.60. The van der Waals surface area contributed by atoms with Gasteiger partial charge in [0.1, 0.15) is 5.69 Å². The molecule has 0 aliphatic heterocycles. The van der Waals surface area contributed by atoms with Crippen LogP contribution >= 0.6 is 0 Å². The van der Waals surface area contributed by atoms with Gasteiger partial charge in [0.05, 0.1) is 5.69 Å². The molecule has 2 aromatic carbocycles. The molecule has 4 rings (SSSR count). The Kier molecular flexibility index (Phi) is 2.83. The highest BCUT2D eigenvalue weighted by Gasteiger charge is 2.17. The highest BCUT2D eigenvalue weighted by atomic mass is 16.3. The van der Waals surface area contributed by atoms with Crippen LogP contribution < -0.4 is 0 Å².